The number of hydrogen-bond donors (Lipinski definition) is 1. The van der Waals surface area contributed by atoms with E-state index in [-0.39, 0.29) is 25.2 Å². The minimum Gasteiger partial charge on any atom is -0.463 e. The molecule has 0 amide bonds. The topological polar surface area (TPSA) is 72.8 Å². The van der Waals surface area contributed by atoms with Crippen LogP contribution in [0.5, 0.6) is 0 Å². The number of rotatable bonds is 25. The molecule has 5 nitrogen and oxygen atoms in total. The monoisotopic (exact) mass is 470 g/mol. The summed E-state index contributed by atoms with van der Waals surface area (Å²) in [6.07, 6.45) is 22.9. The Morgan fingerprint density at radius 3 is 1.09 bits per heavy atom. The maximum atomic E-state index is 11.8. The minimum absolute atomic E-state index is 0.109. The molecule has 0 fully saturated rings. The zero-order chi connectivity index (χ0) is 24.4. The molecule has 1 N–H and O–H groups in total. The molecule has 0 aromatic rings. The van der Waals surface area contributed by atoms with Crippen LogP contribution < -0.4 is 0 Å². The Bertz CT molecular complexity index is 438. The van der Waals surface area contributed by atoms with Crippen LogP contribution in [0.2, 0.25) is 0 Å². The summed E-state index contributed by atoms with van der Waals surface area (Å²) in [5, 5.41) is 9.87. The zero-order valence-corrected chi connectivity index (χ0v) is 21.9. The van der Waals surface area contributed by atoms with Crippen LogP contribution in [0.15, 0.2) is 0 Å². The maximum absolute atomic E-state index is 11.8. The van der Waals surface area contributed by atoms with Gasteiger partial charge in [0.2, 0.25) is 0 Å². The van der Waals surface area contributed by atoms with Gasteiger partial charge in [-0.3, -0.25) is 9.59 Å². The van der Waals surface area contributed by atoms with E-state index in [0.717, 1.165) is 32.1 Å². The van der Waals surface area contributed by atoms with E-state index >= 15 is 0 Å². The molecule has 0 rings (SSSR count). The number of carbonyl (C=O) groups is 2. The molecule has 0 saturated carbocycles. The normalized spacial score (nSPS) is 12.0. The highest BCUT2D eigenvalue weighted by Gasteiger charge is 2.12. The van der Waals surface area contributed by atoms with Gasteiger partial charge in [-0.1, -0.05) is 123 Å². The Morgan fingerprint density at radius 1 is 0.515 bits per heavy atom. The molecule has 0 unspecified atom stereocenters. The van der Waals surface area contributed by atoms with Gasteiger partial charge >= 0.3 is 11.9 Å². The molecule has 0 aromatic carbocycles. The van der Waals surface area contributed by atoms with Gasteiger partial charge in [-0.2, -0.15) is 0 Å². The summed E-state index contributed by atoms with van der Waals surface area (Å²) < 4.78 is 10.2. The van der Waals surface area contributed by atoms with Crippen molar-refractivity contribution < 1.29 is 24.2 Å². The number of unbranched alkanes of at least 4 members (excludes halogenated alkanes) is 17. The Kier molecular flexibility index (Phi) is 24.7. The van der Waals surface area contributed by atoms with Crippen molar-refractivity contribution >= 4 is 11.9 Å². The van der Waals surface area contributed by atoms with Crippen LogP contribution in [-0.2, 0) is 19.1 Å². The first-order chi connectivity index (χ1) is 16.1. The average Bonchev–Trinajstić information content (AvgIpc) is 2.81. The summed E-state index contributed by atoms with van der Waals surface area (Å²) in [5.41, 5.74) is 0. The number of hydrogen-bond acceptors (Lipinski definition) is 5. The molecule has 0 aliphatic rings. The van der Waals surface area contributed by atoms with E-state index in [1.165, 1.54) is 89.9 Å². The highest BCUT2D eigenvalue weighted by Crippen LogP contribution is 2.12. The molecule has 0 heterocycles. The van der Waals surface area contributed by atoms with Crippen molar-refractivity contribution in [2.45, 2.75) is 155 Å². The first kappa shape index (κ1) is 31.9. The third-order valence-corrected chi connectivity index (χ3v) is 6.09. The Balaban J connectivity index is 3.44. The first-order valence-electron chi connectivity index (χ1n) is 14.1. The summed E-state index contributed by atoms with van der Waals surface area (Å²) in [6, 6.07) is 0. The van der Waals surface area contributed by atoms with Gasteiger partial charge in [0.05, 0.1) is 0 Å². The Hall–Kier alpha value is -1.10. The molecule has 0 bridgehead atoms. The number of aliphatic hydroxyl groups excluding tert-OH is 1. The lowest BCUT2D eigenvalue weighted by molar-refractivity contribution is -0.152. The van der Waals surface area contributed by atoms with Crippen LogP contribution in [0.4, 0.5) is 0 Å². The van der Waals surface area contributed by atoms with E-state index in [2.05, 4.69) is 13.8 Å². The molecular formula is C28H54O5. The van der Waals surface area contributed by atoms with Crippen molar-refractivity contribution in [3.05, 3.63) is 0 Å². The second-order valence-electron chi connectivity index (χ2n) is 9.53. The second-order valence-corrected chi connectivity index (χ2v) is 9.53. The van der Waals surface area contributed by atoms with Gasteiger partial charge in [0.25, 0.3) is 0 Å². The number of ether oxygens (including phenoxy) is 2. The summed E-state index contributed by atoms with van der Waals surface area (Å²) in [4.78, 5) is 23.5. The van der Waals surface area contributed by atoms with E-state index in [1.54, 1.807) is 0 Å². The van der Waals surface area contributed by atoms with Crippen LogP contribution in [0.3, 0.4) is 0 Å². The highest BCUT2D eigenvalue weighted by molar-refractivity contribution is 5.69. The number of esters is 2. The first-order valence-corrected chi connectivity index (χ1v) is 14.1. The summed E-state index contributed by atoms with van der Waals surface area (Å²) in [5.74, 6) is -0.566. The molecule has 0 spiro atoms. The maximum Gasteiger partial charge on any atom is 0.305 e. The largest absolute Gasteiger partial charge is 0.463 e. The summed E-state index contributed by atoms with van der Waals surface area (Å²) >= 11 is 0. The van der Waals surface area contributed by atoms with Crippen LogP contribution in [0, 0.1) is 0 Å². The van der Waals surface area contributed by atoms with Crippen LogP contribution in [-0.4, -0.2) is 36.4 Å². The smallest absolute Gasteiger partial charge is 0.305 e. The molecule has 0 saturated heterocycles. The van der Waals surface area contributed by atoms with Gasteiger partial charge in [-0.25, -0.2) is 0 Å². The van der Waals surface area contributed by atoms with Gasteiger partial charge in [0.15, 0.2) is 0 Å². The van der Waals surface area contributed by atoms with E-state index < -0.39 is 6.10 Å². The van der Waals surface area contributed by atoms with Gasteiger partial charge in [0, 0.05) is 12.8 Å². The van der Waals surface area contributed by atoms with Gasteiger partial charge in [-0.05, 0) is 12.8 Å². The van der Waals surface area contributed by atoms with Crippen molar-refractivity contribution in [1.29, 1.82) is 0 Å². The molecule has 0 aromatic heterocycles. The van der Waals surface area contributed by atoms with Gasteiger partial charge in [-0.15, -0.1) is 0 Å². The fourth-order valence-electron chi connectivity index (χ4n) is 3.91. The van der Waals surface area contributed by atoms with E-state index in [0.29, 0.717) is 12.8 Å². The van der Waals surface area contributed by atoms with E-state index in [9.17, 15) is 14.7 Å². The van der Waals surface area contributed by atoms with Gasteiger partial charge < -0.3 is 14.6 Å². The van der Waals surface area contributed by atoms with Crippen LogP contribution >= 0.6 is 0 Å². The highest BCUT2D eigenvalue weighted by atomic mass is 16.6. The predicted molar refractivity (Wildman–Crippen MR) is 136 cm³/mol. The van der Waals surface area contributed by atoms with Crippen molar-refractivity contribution in [3.63, 3.8) is 0 Å². The lowest BCUT2D eigenvalue weighted by Crippen LogP contribution is -2.25. The molecular weight excluding hydrogens is 416 g/mol. The van der Waals surface area contributed by atoms with Crippen LogP contribution in [0.1, 0.15) is 149 Å². The van der Waals surface area contributed by atoms with Crippen molar-refractivity contribution in [2.24, 2.45) is 0 Å². The van der Waals surface area contributed by atoms with Crippen molar-refractivity contribution in [2.75, 3.05) is 13.2 Å². The molecule has 5 heteroatoms. The van der Waals surface area contributed by atoms with Crippen molar-refractivity contribution in [3.8, 4) is 0 Å². The summed E-state index contributed by atoms with van der Waals surface area (Å²) in [6.45, 7) is 4.24. The van der Waals surface area contributed by atoms with Gasteiger partial charge in [0.1, 0.15) is 19.3 Å². The van der Waals surface area contributed by atoms with Crippen molar-refractivity contribution in [1.82, 2.24) is 0 Å². The Morgan fingerprint density at radius 2 is 0.788 bits per heavy atom. The Labute approximate surface area is 204 Å². The van der Waals surface area contributed by atoms with E-state index in [1.807, 2.05) is 0 Å². The lowest BCUT2D eigenvalue weighted by Gasteiger charge is -2.12. The molecule has 1 atom stereocenters. The molecule has 196 valence electrons. The third kappa shape index (κ3) is 25.4. The fourth-order valence-corrected chi connectivity index (χ4v) is 3.91. The molecule has 33 heavy (non-hydrogen) atoms. The third-order valence-electron chi connectivity index (χ3n) is 6.09. The molecule has 0 radical (unpaired) electrons. The zero-order valence-electron chi connectivity index (χ0n) is 21.9. The quantitative estimate of drug-likeness (QED) is 0.109. The molecule has 0 aliphatic carbocycles. The predicted octanol–water partition coefficient (Wildman–Crippen LogP) is 7.67. The fraction of sp³-hybridized carbons (Fsp3) is 0.929. The lowest BCUT2D eigenvalue weighted by atomic mass is 10.1. The number of aliphatic hydroxyl groups is 1. The standard InChI is InChI=1S/C28H54O5/c1-3-5-7-9-11-13-15-17-19-21-23-28(31)33-25-26(29)24-32-27(30)22-20-18-16-14-12-10-8-6-4-2/h26,29H,3-25H2,1-2H3/t26-/m0/s1. The summed E-state index contributed by atoms with van der Waals surface area (Å²) in [7, 11) is 0. The minimum atomic E-state index is -0.950. The second kappa shape index (κ2) is 25.5. The molecule has 0 aliphatic heterocycles. The SMILES string of the molecule is CCCCCCCCCCCCC(=O)OC[C@@H](O)COC(=O)CCCCCCCCCCC. The van der Waals surface area contributed by atoms with Crippen LogP contribution in [0.25, 0.3) is 0 Å². The average molecular weight is 471 g/mol. The number of carbonyl (C=O) groups excluding carboxylic acids is 2. The van der Waals surface area contributed by atoms with E-state index in [4.69, 9.17) is 9.47 Å².